The molecule has 0 aliphatic heterocycles. The summed E-state index contributed by atoms with van der Waals surface area (Å²) in [5.41, 5.74) is 0.201. The zero-order chi connectivity index (χ0) is 13.8. The maximum atomic E-state index is 12.0. The summed E-state index contributed by atoms with van der Waals surface area (Å²) in [4.78, 5) is 22.9. The Hall–Kier alpha value is -2.04. The lowest BCUT2D eigenvalue weighted by Gasteiger charge is -2.21. The molecule has 0 unspecified atom stereocenters. The van der Waals surface area contributed by atoms with E-state index in [9.17, 15) is 14.7 Å². The molecule has 0 aromatic heterocycles. The summed E-state index contributed by atoms with van der Waals surface area (Å²) in [7, 11) is 0. The van der Waals surface area contributed by atoms with Crippen molar-refractivity contribution in [1.29, 1.82) is 0 Å². The second-order valence-corrected chi connectivity index (χ2v) is 4.86. The Morgan fingerprint density at radius 3 is 2.47 bits per heavy atom. The third-order valence-corrected chi connectivity index (χ3v) is 3.48. The van der Waals surface area contributed by atoms with Crippen molar-refractivity contribution in [1.82, 2.24) is 0 Å². The minimum atomic E-state index is -1.09. The molecule has 102 valence electrons. The number of phenols is 1. The Bertz CT molecular complexity index is 492. The van der Waals surface area contributed by atoms with Crippen LogP contribution in [0.3, 0.4) is 0 Å². The van der Waals surface area contributed by atoms with Crippen molar-refractivity contribution >= 4 is 17.6 Å². The number of aromatic hydroxyl groups is 1. The van der Waals surface area contributed by atoms with Crippen LogP contribution in [0, 0.1) is 5.92 Å². The molecule has 0 heterocycles. The lowest BCUT2D eigenvalue weighted by molar-refractivity contribution is -0.120. The molecule has 0 bridgehead atoms. The van der Waals surface area contributed by atoms with Crippen LogP contribution in [-0.2, 0) is 4.79 Å². The van der Waals surface area contributed by atoms with Crippen LogP contribution in [0.25, 0.3) is 0 Å². The molecule has 0 radical (unpaired) electrons. The molecule has 1 saturated carbocycles. The summed E-state index contributed by atoms with van der Waals surface area (Å²) in [6.45, 7) is 0. The summed E-state index contributed by atoms with van der Waals surface area (Å²) >= 11 is 0. The number of anilines is 1. The lowest BCUT2D eigenvalue weighted by atomic mass is 9.88. The van der Waals surface area contributed by atoms with Gasteiger partial charge in [0.05, 0.1) is 11.3 Å². The molecule has 5 nitrogen and oxygen atoms in total. The fraction of sp³-hybridized carbons (Fsp3) is 0.429. The fourth-order valence-corrected chi connectivity index (χ4v) is 2.37. The first-order valence-electron chi connectivity index (χ1n) is 6.45. The van der Waals surface area contributed by atoms with Gasteiger partial charge in [0.15, 0.2) is 0 Å². The van der Waals surface area contributed by atoms with Gasteiger partial charge < -0.3 is 15.5 Å². The van der Waals surface area contributed by atoms with Crippen LogP contribution >= 0.6 is 0 Å². The van der Waals surface area contributed by atoms with Crippen LogP contribution in [0.15, 0.2) is 18.2 Å². The van der Waals surface area contributed by atoms with Gasteiger partial charge in [0.1, 0.15) is 5.75 Å². The second-order valence-electron chi connectivity index (χ2n) is 4.86. The summed E-state index contributed by atoms with van der Waals surface area (Å²) in [5, 5.41) is 21.2. The van der Waals surface area contributed by atoms with Crippen LogP contribution in [-0.4, -0.2) is 22.1 Å². The maximum Gasteiger partial charge on any atom is 0.335 e. The highest BCUT2D eigenvalue weighted by molar-refractivity contribution is 5.96. The number of carboxylic acids is 1. The van der Waals surface area contributed by atoms with E-state index in [0.29, 0.717) is 0 Å². The normalized spacial score (nSPS) is 16.0. The van der Waals surface area contributed by atoms with Gasteiger partial charge in [-0.2, -0.15) is 0 Å². The number of hydrogen-bond donors (Lipinski definition) is 3. The van der Waals surface area contributed by atoms with E-state index in [4.69, 9.17) is 5.11 Å². The van der Waals surface area contributed by atoms with Crippen LogP contribution in [0.2, 0.25) is 0 Å². The Morgan fingerprint density at radius 1 is 1.16 bits per heavy atom. The molecule has 1 aromatic rings. The Balaban J connectivity index is 2.11. The summed E-state index contributed by atoms with van der Waals surface area (Å²) in [5.74, 6) is -1.39. The number of nitrogens with one attached hydrogen (secondary N) is 1. The first-order valence-corrected chi connectivity index (χ1v) is 6.45. The van der Waals surface area contributed by atoms with Crippen LogP contribution in [0.5, 0.6) is 5.75 Å². The van der Waals surface area contributed by atoms with Gasteiger partial charge in [-0.1, -0.05) is 19.3 Å². The summed E-state index contributed by atoms with van der Waals surface area (Å²) in [6.07, 6.45) is 4.94. The largest absolute Gasteiger partial charge is 0.506 e. The van der Waals surface area contributed by atoms with Crippen molar-refractivity contribution in [3.8, 4) is 5.75 Å². The van der Waals surface area contributed by atoms with E-state index in [-0.39, 0.29) is 28.8 Å². The SMILES string of the molecule is O=C(O)c1ccc(O)c(NC(=O)C2CCCCC2)c1. The van der Waals surface area contributed by atoms with E-state index in [1.54, 1.807) is 0 Å². The van der Waals surface area contributed by atoms with Gasteiger partial charge in [-0.15, -0.1) is 0 Å². The van der Waals surface area contributed by atoms with E-state index < -0.39 is 5.97 Å². The topological polar surface area (TPSA) is 86.6 Å². The molecule has 2 rings (SSSR count). The van der Waals surface area contributed by atoms with Gasteiger partial charge in [0.25, 0.3) is 0 Å². The van der Waals surface area contributed by atoms with Crippen molar-refractivity contribution in [3.05, 3.63) is 23.8 Å². The maximum absolute atomic E-state index is 12.0. The Kier molecular flexibility index (Phi) is 4.04. The lowest BCUT2D eigenvalue weighted by Crippen LogP contribution is -2.24. The Labute approximate surface area is 111 Å². The fourth-order valence-electron chi connectivity index (χ4n) is 2.37. The molecular formula is C14H17NO4. The minimum absolute atomic E-state index is 0.0387. The molecule has 1 aromatic carbocycles. The van der Waals surface area contributed by atoms with Crippen LogP contribution in [0.4, 0.5) is 5.69 Å². The van der Waals surface area contributed by atoms with Crippen LogP contribution in [0.1, 0.15) is 42.5 Å². The predicted molar refractivity (Wildman–Crippen MR) is 70.3 cm³/mol. The molecule has 5 heteroatoms. The van der Waals surface area contributed by atoms with Crippen molar-refractivity contribution < 1.29 is 19.8 Å². The number of carboxylic acid groups (broad SMARTS) is 1. The molecular weight excluding hydrogens is 246 g/mol. The molecule has 0 atom stereocenters. The van der Waals surface area contributed by atoms with Crippen molar-refractivity contribution in [3.63, 3.8) is 0 Å². The number of aromatic carboxylic acids is 1. The predicted octanol–water partition coefficient (Wildman–Crippen LogP) is 2.61. The molecule has 1 aliphatic carbocycles. The van der Waals surface area contributed by atoms with E-state index in [1.807, 2.05) is 0 Å². The average Bonchev–Trinajstić information content (AvgIpc) is 2.42. The monoisotopic (exact) mass is 263 g/mol. The average molecular weight is 263 g/mol. The number of rotatable bonds is 3. The van der Waals surface area contributed by atoms with Gasteiger partial charge in [-0.05, 0) is 31.0 Å². The highest BCUT2D eigenvalue weighted by Gasteiger charge is 2.22. The molecule has 19 heavy (non-hydrogen) atoms. The van der Waals surface area contributed by atoms with Crippen LogP contribution < -0.4 is 5.32 Å². The van der Waals surface area contributed by atoms with Crippen molar-refractivity contribution in [2.24, 2.45) is 5.92 Å². The first kappa shape index (κ1) is 13.4. The number of amides is 1. The highest BCUT2D eigenvalue weighted by atomic mass is 16.4. The summed E-state index contributed by atoms with van der Waals surface area (Å²) < 4.78 is 0. The number of hydrogen-bond acceptors (Lipinski definition) is 3. The van der Waals surface area contributed by atoms with Gasteiger partial charge >= 0.3 is 5.97 Å². The smallest absolute Gasteiger partial charge is 0.335 e. The molecule has 1 fully saturated rings. The zero-order valence-electron chi connectivity index (χ0n) is 10.6. The molecule has 0 saturated heterocycles. The highest BCUT2D eigenvalue weighted by Crippen LogP contribution is 2.28. The summed E-state index contributed by atoms with van der Waals surface area (Å²) in [6, 6.07) is 3.85. The minimum Gasteiger partial charge on any atom is -0.506 e. The number of benzene rings is 1. The number of carbonyl (C=O) groups excluding carboxylic acids is 1. The molecule has 1 amide bonds. The quantitative estimate of drug-likeness (QED) is 0.731. The number of carbonyl (C=O) groups is 2. The number of phenolic OH excluding ortho intramolecular Hbond substituents is 1. The second kappa shape index (κ2) is 5.73. The molecule has 0 spiro atoms. The van der Waals surface area contributed by atoms with Crippen molar-refractivity contribution in [2.75, 3.05) is 5.32 Å². The van der Waals surface area contributed by atoms with Crippen molar-refractivity contribution in [2.45, 2.75) is 32.1 Å². The molecule has 3 N–H and O–H groups in total. The molecule has 1 aliphatic rings. The van der Waals surface area contributed by atoms with Gasteiger partial charge in [0.2, 0.25) is 5.91 Å². The third-order valence-electron chi connectivity index (χ3n) is 3.48. The van der Waals surface area contributed by atoms with Gasteiger partial charge in [-0.25, -0.2) is 4.79 Å². The first-order chi connectivity index (χ1) is 9.08. The Morgan fingerprint density at radius 2 is 1.84 bits per heavy atom. The zero-order valence-corrected chi connectivity index (χ0v) is 10.6. The van der Waals surface area contributed by atoms with E-state index in [2.05, 4.69) is 5.32 Å². The standard InChI is InChI=1S/C14H17NO4/c16-12-7-6-10(14(18)19)8-11(12)15-13(17)9-4-2-1-3-5-9/h6-9,16H,1-5H2,(H,15,17)(H,18,19). The van der Waals surface area contributed by atoms with E-state index in [1.165, 1.54) is 18.2 Å². The third kappa shape index (κ3) is 3.24. The van der Waals surface area contributed by atoms with Gasteiger partial charge in [0, 0.05) is 5.92 Å². The van der Waals surface area contributed by atoms with Gasteiger partial charge in [-0.3, -0.25) is 4.79 Å². The van der Waals surface area contributed by atoms with E-state index >= 15 is 0 Å². The van der Waals surface area contributed by atoms with E-state index in [0.717, 1.165) is 32.1 Å².